The van der Waals surface area contributed by atoms with Crippen LogP contribution in [0.15, 0.2) is 54.6 Å². The Morgan fingerprint density at radius 3 is 2.44 bits per heavy atom. The number of rotatable bonds is 10. The van der Waals surface area contributed by atoms with E-state index in [9.17, 15) is 13.6 Å². The Morgan fingerprint density at radius 1 is 1.06 bits per heavy atom. The van der Waals surface area contributed by atoms with E-state index in [-0.39, 0.29) is 6.42 Å². The molecule has 0 amide bonds. The van der Waals surface area contributed by atoms with Crippen molar-refractivity contribution in [2.45, 2.75) is 45.4 Å². The highest BCUT2D eigenvalue weighted by molar-refractivity contribution is 7.13. The molecule has 3 aromatic rings. The number of halogens is 2. The van der Waals surface area contributed by atoms with Crippen LogP contribution in [-0.4, -0.2) is 24.7 Å². The van der Waals surface area contributed by atoms with E-state index in [2.05, 4.69) is 24.4 Å². The second-order valence-electron chi connectivity index (χ2n) is 7.80. The summed E-state index contributed by atoms with van der Waals surface area (Å²) in [5.41, 5.74) is 9.12. The van der Waals surface area contributed by atoms with E-state index in [0.29, 0.717) is 23.5 Å². The Balaban J connectivity index is 1.69. The van der Waals surface area contributed by atoms with Crippen molar-refractivity contribution in [1.29, 1.82) is 0 Å². The average Bonchev–Trinajstić information content (AvgIpc) is 3.18. The van der Waals surface area contributed by atoms with Crippen molar-refractivity contribution in [3.05, 3.63) is 92.7 Å². The largest absolute Gasteiger partial charge is 0.455 e. The van der Waals surface area contributed by atoms with Crippen molar-refractivity contribution in [2.24, 2.45) is 5.73 Å². The third kappa shape index (κ3) is 6.95. The van der Waals surface area contributed by atoms with E-state index in [0.717, 1.165) is 22.9 Å². The molecule has 170 valence electrons. The Kier molecular flexibility index (Phi) is 8.50. The summed E-state index contributed by atoms with van der Waals surface area (Å²) >= 11 is 1.35. The summed E-state index contributed by atoms with van der Waals surface area (Å²) in [6.07, 6.45) is 0.442. The molecule has 3 rings (SSSR count). The maximum Gasteiger partial charge on any atom is 0.348 e. The van der Waals surface area contributed by atoms with Gasteiger partial charge in [-0.05, 0) is 60.7 Å². The number of benzene rings is 2. The summed E-state index contributed by atoms with van der Waals surface area (Å²) in [6, 6.07) is 14.5. The molecule has 0 saturated heterocycles. The number of nitrogens with one attached hydrogen (secondary N) is 1. The van der Waals surface area contributed by atoms with Crippen molar-refractivity contribution in [3.8, 4) is 0 Å². The van der Waals surface area contributed by atoms with Crippen LogP contribution in [0, 0.1) is 18.6 Å². The van der Waals surface area contributed by atoms with Crippen LogP contribution in [-0.2, 0) is 24.1 Å². The van der Waals surface area contributed by atoms with E-state index in [1.807, 2.05) is 25.1 Å². The molecule has 2 aromatic carbocycles. The number of carbonyl (C=O) groups is 1. The number of carbonyl (C=O) groups excluding carboxylic acids is 1. The molecule has 0 aliphatic carbocycles. The third-order valence-electron chi connectivity index (χ3n) is 5.15. The predicted molar refractivity (Wildman–Crippen MR) is 124 cm³/mol. The molecule has 32 heavy (non-hydrogen) atoms. The van der Waals surface area contributed by atoms with Crippen LogP contribution >= 0.6 is 11.3 Å². The minimum Gasteiger partial charge on any atom is -0.455 e. The van der Waals surface area contributed by atoms with E-state index < -0.39 is 29.7 Å². The minimum absolute atomic E-state index is 0.170. The molecule has 0 aliphatic heterocycles. The summed E-state index contributed by atoms with van der Waals surface area (Å²) in [5, 5.41) is 3.30. The number of aryl methyl sites for hydroxylation is 2. The van der Waals surface area contributed by atoms with E-state index in [1.54, 1.807) is 6.07 Å². The summed E-state index contributed by atoms with van der Waals surface area (Å²) in [5.74, 6) is -1.78. The summed E-state index contributed by atoms with van der Waals surface area (Å²) < 4.78 is 32.9. The quantitative estimate of drug-likeness (QED) is 0.429. The first-order chi connectivity index (χ1) is 15.3. The zero-order chi connectivity index (χ0) is 23.1. The van der Waals surface area contributed by atoms with Gasteiger partial charge in [-0.3, -0.25) is 0 Å². The van der Waals surface area contributed by atoms with Gasteiger partial charge >= 0.3 is 5.97 Å². The maximum atomic E-state index is 13.6. The average molecular weight is 459 g/mol. The standard InChI is InChI=1S/C25H28F2N2O2S/c1-3-17-5-4-6-18(9-17)14-29-15-23(31-25(30)24-8-7-16(2)32-24)22(28)12-19-10-20(26)13-21(27)11-19/h4-11,13,22-23,29H,3,12,14-15,28H2,1-2H3/t22-,23+/m0/s1. The molecule has 0 fully saturated rings. The normalized spacial score (nSPS) is 13.0. The first-order valence-corrected chi connectivity index (χ1v) is 11.4. The number of hydrogen-bond acceptors (Lipinski definition) is 5. The lowest BCUT2D eigenvalue weighted by molar-refractivity contribution is 0.0244. The van der Waals surface area contributed by atoms with Crippen LogP contribution in [0.1, 0.15) is 38.2 Å². The molecule has 2 atom stereocenters. The first-order valence-electron chi connectivity index (χ1n) is 10.6. The third-order valence-corrected chi connectivity index (χ3v) is 6.13. The summed E-state index contributed by atoms with van der Waals surface area (Å²) in [6.45, 7) is 4.91. The lowest BCUT2D eigenvalue weighted by Crippen LogP contribution is -2.45. The smallest absolute Gasteiger partial charge is 0.348 e. The predicted octanol–water partition coefficient (Wildman–Crippen LogP) is 4.78. The molecule has 0 aliphatic rings. The number of nitrogens with two attached hydrogens (primary N) is 1. The fourth-order valence-corrected chi connectivity index (χ4v) is 4.22. The Labute approximate surface area is 191 Å². The maximum absolute atomic E-state index is 13.6. The van der Waals surface area contributed by atoms with Crippen molar-refractivity contribution in [1.82, 2.24) is 5.32 Å². The van der Waals surface area contributed by atoms with E-state index in [1.165, 1.54) is 29.0 Å². The second kappa shape index (κ2) is 11.3. The lowest BCUT2D eigenvalue weighted by Gasteiger charge is -2.24. The van der Waals surface area contributed by atoms with Crippen LogP contribution in [0.4, 0.5) is 8.78 Å². The summed E-state index contributed by atoms with van der Waals surface area (Å²) in [7, 11) is 0. The molecular weight excluding hydrogens is 430 g/mol. The van der Waals surface area contributed by atoms with Gasteiger partial charge < -0.3 is 15.8 Å². The summed E-state index contributed by atoms with van der Waals surface area (Å²) in [4.78, 5) is 14.1. The molecule has 0 bridgehead atoms. The molecule has 7 heteroatoms. The highest BCUT2D eigenvalue weighted by Gasteiger charge is 2.24. The van der Waals surface area contributed by atoms with Gasteiger partial charge in [0.2, 0.25) is 0 Å². The Hall–Kier alpha value is -2.61. The van der Waals surface area contributed by atoms with Crippen LogP contribution in [0.25, 0.3) is 0 Å². The number of thiophene rings is 1. The van der Waals surface area contributed by atoms with Gasteiger partial charge in [0.05, 0.1) is 0 Å². The topological polar surface area (TPSA) is 64.3 Å². The van der Waals surface area contributed by atoms with Crippen molar-refractivity contribution >= 4 is 17.3 Å². The van der Waals surface area contributed by atoms with Gasteiger partial charge in [-0.1, -0.05) is 31.2 Å². The van der Waals surface area contributed by atoms with Crippen molar-refractivity contribution < 1.29 is 18.3 Å². The first kappa shape index (κ1) is 24.0. The second-order valence-corrected chi connectivity index (χ2v) is 9.09. The molecule has 0 unspecified atom stereocenters. The highest BCUT2D eigenvalue weighted by Crippen LogP contribution is 2.18. The van der Waals surface area contributed by atoms with Crippen LogP contribution in [0.2, 0.25) is 0 Å². The number of hydrogen-bond donors (Lipinski definition) is 2. The SMILES string of the molecule is CCc1cccc(CNC[C@@H](OC(=O)c2ccc(C)s2)[C@@H](N)Cc2cc(F)cc(F)c2)c1. The van der Waals surface area contributed by atoms with E-state index >= 15 is 0 Å². The molecule has 0 spiro atoms. The molecule has 3 N–H and O–H groups in total. The van der Waals surface area contributed by atoms with Crippen LogP contribution < -0.4 is 11.1 Å². The van der Waals surface area contributed by atoms with Gasteiger partial charge in [0.1, 0.15) is 22.6 Å². The van der Waals surface area contributed by atoms with Gasteiger partial charge in [-0.15, -0.1) is 11.3 Å². The van der Waals surface area contributed by atoms with Gasteiger partial charge in [0.25, 0.3) is 0 Å². The number of esters is 1. The van der Waals surface area contributed by atoms with Crippen LogP contribution in [0.3, 0.4) is 0 Å². The molecule has 0 radical (unpaired) electrons. The van der Waals surface area contributed by atoms with Gasteiger partial charge in [-0.2, -0.15) is 0 Å². The molecule has 0 saturated carbocycles. The van der Waals surface area contributed by atoms with Gasteiger partial charge in [0.15, 0.2) is 0 Å². The zero-order valence-corrected chi connectivity index (χ0v) is 19.1. The Morgan fingerprint density at radius 2 is 1.78 bits per heavy atom. The fourth-order valence-electron chi connectivity index (χ4n) is 3.47. The molecule has 1 aromatic heterocycles. The molecule has 4 nitrogen and oxygen atoms in total. The van der Waals surface area contributed by atoms with Crippen molar-refractivity contribution in [3.63, 3.8) is 0 Å². The minimum atomic E-state index is -0.675. The molecule has 1 heterocycles. The van der Waals surface area contributed by atoms with Crippen molar-refractivity contribution in [2.75, 3.05) is 6.54 Å². The highest BCUT2D eigenvalue weighted by atomic mass is 32.1. The molecular formula is C25H28F2N2O2S. The number of ether oxygens (including phenoxy) is 1. The van der Waals surface area contributed by atoms with E-state index in [4.69, 9.17) is 10.5 Å². The zero-order valence-electron chi connectivity index (χ0n) is 18.2. The Bertz CT molecular complexity index is 1030. The monoisotopic (exact) mass is 458 g/mol. The van der Waals surface area contributed by atoms with Gasteiger partial charge in [0, 0.05) is 30.1 Å². The fraction of sp³-hybridized carbons (Fsp3) is 0.320. The van der Waals surface area contributed by atoms with Gasteiger partial charge in [-0.25, -0.2) is 13.6 Å². The van der Waals surface area contributed by atoms with Crippen LogP contribution in [0.5, 0.6) is 0 Å². The lowest BCUT2D eigenvalue weighted by atomic mass is 10.0.